The SMILES string of the molecule is O=c1[nH]c2nncnc2c(O)c1-c1c(F)cc(F)cc1F. The first-order valence-corrected chi connectivity index (χ1v) is 5.56. The molecule has 0 fully saturated rings. The van der Waals surface area contributed by atoms with E-state index in [0.29, 0.717) is 12.1 Å². The first-order valence-electron chi connectivity index (χ1n) is 5.56. The Kier molecular flexibility index (Phi) is 2.82. The van der Waals surface area contributed by atoms with Gasteiger partial charge >= 0.3 is 0 Å². The molecule has 21 heavy (non-hydrogen) atoms. The monoisotopic (exact) mass is 294 g/mol. The normalized spacial score (nSPS) is 11.0. The average Bonchev–Trinajstić information content (AvgIpc) is 2.41. The van der Waals surface area contributed by atoms with Gasteiger partial charge in [-0.1, -0.05) is 0 Å². The standard InChI is InChI=1S/C12H5F3N4O2/c13-4-1-5(14)7(6(15)2-4)8-10(20)9-11(18-12(8)21)19-17-3-16-9/h1-3H,(H2,18,19,20,21). The third kappa shape index (κ3) is 1.98. The van der Waals surface area contributed by atoms with Gasteiger partial charge in [-0.25, -0.2) is 18.2 Å². The van der Waals surface area contributed by atoms with Gasteiger partial charge in [0.15, 0.2) is 16.9 Å². The number of hydrogen-bond acceptors (Lipinski definition) is 5. The summed E-state index contributed by atoms with van der Waals surface area (Å²) in [5.41, 5.74) is -2.89. The second kappa shape index (κ2) is 4.54. The number of aromatic amines is 1. The van der Waals surface area contributed by atoms with Crippen LogP contribution in [0.3, 0.4) is 0 Å². The maximum Gasteiger partial charge on any atom is 0.261 e. The van der Waals surface area contributed by atoms with Gasteiger partial charge in [0.25, 0.3) is 5.56 Å². The van der Waals surface area contributed by atoms with Gasteiger partial charge in [-0.2, -0.15) is 0 Å². The summed E-state index contributed by atoms with van der Waals surface area (Å²) in [6.45, 7) is 0. The van der Waals surface area contributed by atoms with Crippen molar-refractivity contribution >= 4 is 11.2 Å². The number of rotatable bonds is 1. The van der Waals surface area contributed by atoms with Crippen LogP contribution in [0.1, 0.15) is 0 Å². The van der Waals surface area contributed by atoms with E-state index in [2.05, 4.69) is 20.2 Å². The van der Waals surface area contributed by atoms with E-state index in [-0.39, 0.29) is 11.2 Å². The summed E-state index contributed by atoms with van der Waals surface area (Å²) in [4.78, 5) is 17.8. The summed E-state index contributed by atoms with van der Waals surface area (Å²) in [5, 5.41) is 16.9. The Hall–Kier alpha value is -2.97. The summed E-state index contributed by atoms with van der Waals surface area (Å²) in [5.74, 6) is -4.56. The van der Waals surface area contributed by atoms with E-state index in [1.165, 1.54) is 0 Å². The minimum atomic E-state index is -1.32. The van der Waals surface area contributed by atoms with Gasteiger partial charge in [0, 0.05) is 12.1 Å². The van der Waals surface area contributed by atoms with Crippen LogP contribution in [0.25, 0.3) is 22.3 Å². The van der Waals surface area contributed by atoms with Crippen LogP contribution in [0.5, 0.6) is 5.75 Å². The molecule has 0 amide bonds. The van der Waals surface area contributed by atoms with E-state index in [4.69, 9.17) is 0 Å². The highest BCUT2D eigenvalue weighted by Crippen LogP contribution is 2.33. The molecule has 106 valence electrons. The van der Waals surface area contributed by atoms with Crippen molar-refractivity contribution in [2.24, 2.45) is 0 Å². The zero-order valence-corrected chi connectivity index (χ0v) is 10.1. The second-order valence-corrected chi connectivity index (χ2v) is 4.08. The highest BCUT2D eigenvalue weighted by atomic mass is 19.1. The Balaban J connectivity index is 2.44. The lowest BCUT2D eigenvalue weighted by Gasteiger charge is -2.08. The number of aromatic nitrogens is 4. The summed E-state index contributed by atoms with van der Waals surface area (Å²) >= 11 is 0. The molecule has 2 aromatic heterocycles. The topological polar surface area (TPSA) is 91.8 Å². The third-order valence-corrected chi connectivity index (χ3v) is 2.80. The molecule has 9 heteroatoms. The summed E-state index contributed by atoms with van der Waals surface area (Å²) in [6, 6.07) is 0.805. The van der Waals surface area contributed by atoms with Crippen LogP contribution >= 0.6 is 0 Å². The summed E-state index contributed by atoms with van der Waals surface area (Å²) in [7, 11) is 0. The van der Waals surface area contributed by atoms with Crippen LogP contribution in [-0.4, -0.2) is 25.3 Å². The molecule has 0 saturated carbocycles. The van der Waals surface area contributed by atoms with Crippen LogP contribution < -0.4 is 5.56 Å². The number of H-pyrrole nitrogens is 1. The molecule has 0 aliphatic rings. The smallest absolute Gasteiger partial charge is 0.261 e. The highest BCUT2D eigenvalue weighted by molar-refractivity contribution is 5.86. The molecule has 0 atom stereocenters. The molecule has 0 aliphatic heterocycles. The lowest BCUT2D eigenvalue weighted by molar-refractivity contribution is 0.478. The maximum atomic E-state index is 13.8. The molecule has 0 saturated heterocycles. The zero-order valence-electron chi connectivity index (χ0n) is 10.1. The van der Waals surface area contributed by atoms with Gasteiger partial charge < -0.3 is 10.1 Å². The fraction of sp³-hybridized carbons (Fsp3) is 0. The van der Waals surface area contributed by atoms with Crippen molar-refractivity contribution < 1.29 is 18.3 Å². The van der Waals surface area contributed by atoms with Gasteiger partial charge in [-0.3, -0.25) is 4.79 Å². The fourth-order valence-corrected chi connectivity index (χ4v) is 1.94. The maximum absolute atomic E-state index is 13.8. The minimum Gasteiger partial charge on any atom is -0.505 e. The molecular weight excluding hydrogens is 289 g/mol. The van der Waals surface area contributed by atoms with Crippen LogP contribution in [0.4, 0.5) is 13.2 Å². The first-order chi connectivity index (χ1) is 9.99. The van der Waals surface area contributed by atoms with Gasteiger partial charge in [0.05, 0.1) is 11.1 Å². The predicted octanol–water partition coefficient (Wildman–Crippen LogP) is 1.50. The van der Waals surface area contributed by atoms with Gasteiger partial charge in [0.1, 0.15) is 23.8 Å². The van der Waals surface area contributed by atoms with Crippen LogP contribution in [-0.2, 0) is 0 Å². The Bertz CT molecular complexity index is 903. The Morgan fingerprint density at radius 2 is 1.76 bits per heavy atom. The van der Waals surface area contributed by atoms with E-state index in [1.54, 1.807) is 0 Å². The number of benzene rings is 1. The molecule has 3 aromatic rings. The number of nitrogens with zero attached hydrogens (tertiary/aromatic N) is 3. The van der Waals surface area contributed by atoms with E-state index < -0.39 is 39.9 Å². The molecule has 0 bridgehead atoms. The Morgan fingerprint density at radius 1 is 1.10 bits per heavy atom. The molecule has 0 unspecified atom stereocenters. The quantitative estimate of drug-likeness (QED) is 0.709. The average molecular weight is 294 g/mol. The number of halogens is 3. The number of nitrogens with one attached hydrogen (secondary N) is 1. The molecule has 2 heterocycles. The molecule has 0 aliphatic carbocycles. The van der Waals surface area contributed by atoms with Gasteiger partial charge in [-0.15, -0.1) is 10.2 Å². The molecule has 0 radical (unpaired) electrons. The minimum absolute atomic E-state index is 0.147. The fourth-order valence-electron chi connectivity index (χ4n) is 1.94. The van der Waals surface area contributed by atoms with Crippen molar-refractivity contribution in [3.63, 3.8) is 0 Å². The molecule has 1 aromatic carbocycles. The van der Waals surface area contributed by atoms with Gasteiger partial charge in [-0.05, 0) is 0 Å². The number of hydrogen-bond donors (Lipinski definition) is 2. The molecule has 3 rings (SSSR count). The highest BCUT2D eigenvalue weighted by Gasteiger charge is 2.22. The van der Waals surface area contributed by atoms with E-state index in [9.17, 15) is 23.1 Å². The first kappa shape index (κ1) is 13.0. The Labute approximate surface area is 113 Å². The largest absolute Gasteiger partial charge is 0.505 e. The molecular formula is C12H5F3N4O2. The van der Waals surface area contributed by atoms with Crippen LogP contribution in [0, 0.1) is 17.5 Å². The number of aromatic hydroxyl groups is 1. The summed E-state index contributed by atoms with van der Waals surface area (Å²) in [6.07, 6.45) is 0.988. The zero-order chi connectivity index (χ0) is 15.1. The predicted molar refractivity (Wildman–Crippen MR) is 64.9 cm³/mol. The van der Waals surface area contributed by atoms with Crippen molar-refractivity contribution in [2.45, 2.75) is 0 Å². The van der Waals surface area contributed by atoms with Crippen molar-refractivity contribution in [1.29, 1.82) is 0 Å². The van der Waals surface area contributed by atoms with E-state index >= 15 is 0 Å². The van der Waals surface area contributed by atoms with Crippen molar-refractivity contribution in [3.05, 3.63) is 46.3 Å². The van der Waals surface area contributed by atoms with E-state index in [0.717, 1.165) is 6.33 Å². The third-order valence-electron chi connectivity index (χ3n) is 2.80. The van der Waals surface area contributed by atoms with Crippen molar-refractivity contribution in [2.75, 3.05) is 0 Å². The molecule has 6 nitrogen and oxygen atoms in total. The van der Waals surface area contributed by atoms with Crippen LogP contribution in [0.2, 0.25) is 0 Å². The second-order valence-electron chi connectivity index (χ2n) is 4.08. The van der Waals surface area contributed by atoms with Crippen LogP contribution in [0.15, 0.2) is 23.3 Å². The molecule has 2 N–H and O–H groups in total. The van der Waals surface area contributed by atoms with E-state index in [1.807, 2.05) is 0 Å². The van der Waals surface area contributed by atoms with Crippen molar-refractivity contribution in [1.82, 2.24) is 20.2 Å². The lowest BCUT2D eigenvalue weighted by Crippen LogP contribution is -2.13. The lowest BCUT2D eigenvalue weighted by atomic mass is 10.0. The number of fused-ring (bicyclic) bond motifs is 1. The number of pyridine rings is 1. The Morgan fingerprint density at radius 3 is 2.43 bits per heavy atom. The summed E-state index contributed by atoms with van der Waals surface area (Å²) < 4.78 is 40.4. The molecule has 0 spiro atoms. The van der Waals surface area contributed by atoms with Gasteiger partial charge in [0.2, 0.25) is 0 Å². The van der Waals surface area contributed by atoms with Crippen molar-refractivity contribution in [3.8, 4) is 16.9 Å².